The number of methoxy groups -OCH3 is 1. The quantitative estimate of drug-likeness (QED) is 0.246. The van der Waals surface area contributed by atoms with Gasteiger partial charge in [-0.3, -0.25) is 9.80 Å². The number of aromatic nitrogens is 2. The lowest BCUT2D eigenvalue weighted by molar-refractivity contribution is 0.0543. The number of nitrogens with one attached hydrogen (secondary N) is 1. The second kappa shape index (κ2) is 10.4. The zero-order valence-corrected chi connectivity index (χ0v) is 21.8. The van der Waals surface area contributed by atoms with Crippen LogP contribution in [0.3, 0.4) is 0 Å². The van der Waals surface area contributed by atoms with Crippen LogP contribution in [0.5, 0.6) is 5.75 Å². The van der Waals surface area contributed by atoms with Crippen LogP contribution < -0.4 is 10.1 Å². The lowest BCUT2D eigenvalue weighted by Gasteiger charge is -2.44. The van der Waals surface area contributed by atoms with Crippen molar-refractivity contribution in [2.45, 2.75) is 23.8 Å². The van der Waals surface area contributed by atoms with Gasteiger partial charge in [0.1, 0.15) is 23.7 Å². The van der Waals surface area contributed by atoms with E-state index < -0.39 is 0 Å². The number of fused-ring (bicyclic) bond motifs is 1. The van der Waals surface area contributed by atoms with Gasteiger partial charge in [-0.05, 0) is 49.7 Å². The first-order valence-electron chi connectivity index (χ1n) is 11.2. The highest BCUT2D eigenvalue weighted by atomic mass is 127. The van der Waals surface area contributed by atoms with Crippen molar-refractivity contribution < 1.29 is 9.13 Å². The summed E-state index contributed by atoms with van der Waals surface area (Å²) in [5, 5.41) is 13.1. The van der Waals surface area contributed by atoms with E-state index >= 15 is 0 Å². The molecule has 4 rings (SSSR count). The van der Waals surface area contributed by atoms with E-state index in [1.54, 1.807) is 19.2 Å². The molecule has 1 fully saturated rings. The van der Waals surface area contributed by atoms with Gasteiger partial charge in [-0.15, -0.1) is 0 Å². The van der Waals surface area contributed by atoms with E-state index in [1.807, 2.05) is 6.07 Å². The smallest absolute Gasteiger partial charge is 0.141 e. The third-order valence-corrected chi connectivity index (χ3v) is 7.35. The lowest BCUT2D eigenvalue weighted by atomic mass is 9.89. The zero-order chi connectivity index (χ0) is 24.3. The van der Waals surface area contributed by atoms with Gasteiger partial charge in [-0.25, -0.2) is 14.4 Å². The van der Waals surface area contributed by atoms with Crippen molar-refractivity contribution in [1.29, 1.82) is 5.26 Å². The maximum absolute atomic E-state index is 13.9. The Morgan fingerprint density at radius 1 is 1.18 bits per heavy atom. The van der Waals surface area contributed by atoms with E-state index in [0.717, 1.165) is 54.1 Å². The normalized spacial score (nSPS) is 15.3. The summed E-state index contributed by atoms with van der Waals surface area (Å²) in [5.74, 6) is 1.19. The topological polar surface area (TPSA) is 77.3 Å². The Bertz CT molecular complexity index is 1220. The fourth-order valence-corrected chi connectivity index (χ4v) is 5.04. The van der Waals surface area contributed by atoms with E-state index in [1.165, 1.54) is 12.4 Å². The minimum Gasteiger partial charge on any atom is -0.496 e. The van der Waals surface area contributed by atoms with Gasteiger partial charge in [0, 0.05) is 52.8 Å². The summed E-state index contributed by atoms with van der Waals surface area (Å²) < 4.78 is 20.4. The second-order valence-electron chi connectivity index (χ2n) is 8.84. The highest BCUT2D eigenvalue weighted by molar-refractivity contribution is 14.1. The predicted molar refractivity (Wildman–Crippen MR) is 140 cm³/mol. The summed E-state index contributed by atoms with van der Waals surface area (Å²) in [5.41, 5.74) is 2.98. The Morgan fingerprint density at radius 2 is 1.94 bits per heavy atom. The van der Waals surface area contributed by atoms with Crippen LogP contribution in [0.2, 0.25) is 0 Å². The van der Waals surface area contributed by atoms with Gasteiger partial charge < -0.3 is 10.1 Å². The summed E-state index contributed by atoms with van der Waals surface area (Å²) in [4.78, 5) is 13.6. The van der Waals surface area contributed by atoms with E-state index in [-0.39, 0.29) is 11.4 Å². The van der Waals surface area contributed by atoms with Crippen molar-refractivity contribution in [3.63, 3.8) is 0 Å². The molecule has 1 aliphatic heterocycles. The number of benzene rings is 2. The second-order valence-corrected chi connectivity index (χ2v) is 9.60. The molecule has 0 radical (unpaired) electrons. The number of hydrogen-bond acceptors (Lipinski definition) is 7. The Morgan fingerprint density at radius 3 is 2.62 bits per heavy atom. The number of piperazine rings is 1. The maximum atomic E-state index is 13.9. The molecule has 1 N–H and O–H groups in total. The number of alkyl halides is 1. The van der Waals surface area contributed by atoms with Crippen molar-refractivity contribution >= 4 is 45.0 Å². The van der Waals surface area contributed by atoms with Crippen LogP contribution >= 0.6 is 22.6 Å². The molecule has 2 aromatic carbocycles. The molecule has 0 bridgehead atoms. The van der Waals surface area contributed by atoms with Crippen LogP contribution in [0.4, 0.5) is 15.9 Å². The molecule has 1 aliphatic rings. The largest absolute Gasteiger partial charge is 0.496 e. The van der Waals surface area contributed by atoms with Gasteiger partial charge in [-0.2, -0.15) is 5.26 Å². The molecule has 9 heteroatoms. The highest BCUT2D eigenvalue weighted by Crippen LogP contribution is 2.39. The van der Waals surface area contributed by atoms with Crippen molar-refractivity contribution in [2.24, 2.45) is 0 Å². The molecule has 0 amide bonds. The molecule has 3 aromatic rings. The molecular weight excluding hydrogens is 546 g/mol. The van der Waals surface area contributed by atoms with Gasteiger partial charge in [0.25, 0.3) is 0 Å². The van der Waals surface area contributed by atoms with Crippen LogP contribution in [0, 0.1) is 17.1 Å². The van der Waals surface area contributed by atoms with Gasteiger partial charge >= 0.3 is 0 Å². The lowest BCUT2D eigenvalue weighted by Crippen LogP contribution is -2.53. The average molecular weight is 574 g/mol. The molecule has 0 atom stereocenters. The molecule has 1 saturated heterocycles. The van der Waals surface area contributed by atoms with E-state index in [0.29, 0.717) is 22.4 Å². The number of nitrogens with zero attached hydrogens (tertiary/aromatic N) is 5. The van der Waals surface area contributed by atoms with Gasteiger partial charge in [0.05, 0.1) is 25.2 Å². The summed E-state index contributed by atoms with van der Waals surface area (Å²) in [6.07, 6.45) is 1.54. The first kappa shape index (κ1) is 24.6. The highest BCUT2D eigenvalue weighted by Gasteiger charge is 2.34. The first-order valence-corrected chi connectivity index (χ1v) is 12.7. The number of rotatable bonds is 7. The van der Waals surface area contributed by atoms with E-state index in [4.69, 9.17) is 10.00 Å². The Labute approximate surface area is 213 Å². The summed E-state index contributed by atoms with van der Waals surface area (Å²) >= 11 is 2.15. The van der Waals surface area contributed by atoms with Gasteiger partial charge in [0.15, 0.2) is 0 Å². The van der Waals surface area contributed by atoms with Crippen molar-refractivity contribution in [3.8, 4) is 11.8 Å². The third-order valence-electron chi connectivity index (χ3n) is 6.53. The molecule has 178 valence electrons. The van der Waals surface area contributed by atoms with E-state index in [2.05, 4.69) is 73.7 Å². The number of hydrogen-bond donors (Lipinski definition) is 1. The van der Waals surface area contributed by atoms with Crippen LogP contribution in [-0.4, -0.2) is 59.6 Å². The van der Waals surface area contributed by atoms with Crippen LogP contribution in [0.15, 0.2) is 36.7 Å². The molecule has 0 unspecified atom stereocenters. The fraction of sp³-hybridized carbons (Fsp3) is 0.400. The van der Waals surface area contributed by atoms with Crippen LogP contribution in [0.1, 0.15) is 25.0 Å². The van der Waals surface area contributed by atoms with Gasteiger partial charge in [-0.1, -0.05) is 22.6 Å². The Kier molecular flexibility index (Phi) is 7.50. The minimum absolute atomic E-state index is 0.213. The fourth-order valence-electron chi connectivity index (χ4n) is 4.46. The average Bonchev–Trinajstić information content (AvgIpc) is 2.85. The van der Waals surface area contributed by atoms with Crippen molar-refractivity contribution in [2.75, 3.05) is 45.2 Å². The van der Waals surface area contributed by atoms with Crippen molar-refractivity contribution in [3.05, 3.63) is 53.6 Å². The number of halogens is 2. The maximum Gasteiger partial charge on any atom is 0.141 e. The third kappa shape index (κ3) is 4.94. The standard InChI is InChI=1S/C25H28FIN6O/c1-25(2,33-10-8-32(7-6-28)9-11-33)20-14-22-19(13-23(20)34-3)24(30-16-29-22)31-18-4-5-21(26)17(12-18)15-27/h4-5,12-14,16H,7-11,15H2,1-3H3,(H,29,30,31). The molecule has 2 heterocycles. The van der Waals surface area contributed by atoms with Crippen LogP contribution in [0.25, 0.3) is 10.9 Å². The molecule has 34 heavy (non-hydrogen) atoms. The van der Waals surface area contributed by atoms with E-state index in [9.17, 15) is 4.39 Å². The number of nitriles is 1. The molecule has 0 aliphatic carbocycles. The predicted octanol–water partition coefficient (Wildman–Crippen LogP) is 4.83. The molecule has 0 spiro atoms. The number of ether oxygens (including phenoxy) is 1. The molecule has 7 nitrogen and oxygen atoms in total. The summed E-state index contributed by atoms with van der Waals surface area (Å²) in [7, 11) is 1.68. The SMILES string of the molecule is COc1cc2c(Nc3ccc(F)c(CI)c3)ncnc2cc1C(C)(C)N1CCN(CC#N)CC1. The minimum atomic E-state index is -0.289. The molecule has 0 saturated carbocycles. The molecular formula is C25H28FIN6O. The monoisotopic (exact) mass is 574 g/mol. The Hall–Kier alpha value is -2.55. The molecule has 1 aromatic heterocycles. The number of anilines is 2. The zero-order valence-electron chi connectivity index (χ0n) is 19.6. The Balaban J connectivity index is 1.67. The first-order chi connectivity index (χ1) is 16.4. The van der Waals surface area contributed by atoms with Gasteiger partial charge in [0.2, 0.25) is 0 Å². The van der Waals surface area contributed by atoms with Crippen molar-refractivity contribution in [1.82, 2.24) is 19.8 Å². The summed E-state index contributed by atoms with van der Waals surface area (Å²) in [6.45, 7) is 8.32. The summed E-state index contributed by atoms with van der Waals surface area (Å²) in [6, 6.07) is 11.3. The van der Waals surface area contributed by atoms with Crippen LogP contribution in [-0.2, 0) is 9.97 Å².